The molecule has 0 radical (unpaired) electrons. The number of hydrogen-bond donors (Lipinski definition) is 0. The van der Waals surface area contributed by atoms with Crippen molar-refractivity contribution < 1.29 is 13.2 Å². The molecule has 0 aliphatic heterocycles. The van der Waals surface area contributed by atoms with Crippen molar-refractivity contribution in [2.24, 2.45) is 0 Å². The van der Waals surface area contributed by atoms with Gasteiger partial charge in [0.2, 0.25) is 0 Å². The van der Waals surface area contributed by atoms with Crippen LogP contribution in [0.2, 0.25) is 0 Å². The number of hydrogen-bond acceptors (Lipinski definition) is 1. The second kappa shape index (κ2) is 4.83. The van der Waals surface area contributed by atoms with Crippen molar-refractivity contribution in [1.82, 2.24) is 0 Å². The van der Waals surface area contributed by atoms with E-state index in [0.29, 0.717) is 0 Å². The quantitative estimate of drug-likeness (QED) is 0.716. The summed E-state index contributed by atoms with van der Waals surface area (Å²) in [6.45, 7) is 0. The molecule has 2 aromatic carbocycles. The molecule has 0 fully saturated rings. The van der Waals surface area contributed by atoms with Gasteiger partial charge in [-0.2, -0.15) is 5.26 Å². The smallest absolute Gasteiger partial charge is 0.148 e. The summed E-state index contributed by atoms with van der Waals surface area (Å²) in [6, 6.07) is 7.53. The van der Waals surface area contributed by atoms with Crippen LogP contribution in [0.3, 0.4) is 0 Å². The molecule has 5 heteroatoms. The molecule has 18 heavy (non-hydrogen) atoms. The topological polar surface area (TPSA) is 23.8 Å². The van der Waals surface area contributed by atoms with Gasteiger partial charge in [0.1, 0.15) is 23.5 Å². The fourth-order valence-electron chi connectivity index (χ4n) is 1.62. The van der Waals surface area contributed by atoms with Gasteiger partial charge < -0.3 is 0 Å². The fourth-order valence-corrected chi connectivity index (χ4v) is 1.95. The molecule has 0 bridgehead atoms. The minimum Gasteiger partial charge on any atom is -0.206 e. The van der Waals surface area contributed by atoms with Crippen LogP contribution in [-0.2, 0) is 0 Å². The summed E-state index contributed by atoms with van der Waals surface area (Å²) in [5.41, 5.74) is -0.900. The molecule has 0 N–H and O–H groups in total. The third-order valence-corrected chi connectivity index (χ3v) is 3.05. The Morgan fingerprint density at radius 2 is 1.72 bits per heavy atom. The van der Waals surface area contributed by atoms with Gasteiger partial charge in [0.05, 0.1) is 15.6 Å². The molecular weight excluding hydrogens is 307 g/mol. The lowest BCUT2D eigenvalue weighted by Gasteiger charge is -2.08. The first-order valence-corrected chi connectivity index (χ1v) is 5.68. The molecule has 0 aliphatic rings. The van der Waals surface area contributed by atoms with E-state index in [4.69, 9.17) is 5.26 Å². The number of benzene rings is 2. The van der Waals surface area contributed by atoms with Gasteiger partial charge in [-0.1, -0.05) is 12.1 Å². The third kappa shape index (κ3) is 2.00. The van der Waals surface area contributed by atoms with Gasteiger partial charge in [0.15, 0.2) is 0 Å². The minimum atomic E-state index is -0.864. The van der Waals surface area contributed by atoms with E-state index in [9.17, 15) is 13.2 Å². The van der Waals surface area contributed by atoms with Crippen molar-refractivity contribution in [3.63, 3.8) is 0 Å². The maximum absolute atomic E-state index is 13.9. The van der Waals surface area contributed by atoms with Gasteiger partial charge >= 0.3 is 0 Å². The monoisotopic (exact) mass is 311 g/mol. The first-order valence-electron chi connectivity index (χ1n) is 4.88. The van der Waals surface area contributed by atoms with Crippen molar-refractivity contribution in [1.29, 1.82) is 5.26 Å². The molecule has 90 valence electrons. The number of nitriles is 1. The van der Waals surface area contributed by atoms with Crippen LogP contribution < -0.4 is 0 Å². The average Bonchev–Trinajstić information content (AvgIpc) is 2.35. The summed E-state index contributed by atoms with van der Waals surface area (Å²) < 4.78 is 41.0. The summed E-state index contributed by atoms with van der Waals surface area (Å²) in [7, 11) is 0. The fraction of sp³-hybridized carbons (Fsp3) is 0. The molecule has 0 heterocycles. The predicted octanol–water partition coefficient (Wildman–Crippen LogP) is 4.41. The molecule has 1 nitrogen and oxygen atoms in total. The third-order valence-electron chi connectivity index (χ3n) is 2.44. The Kier molecular flexibility index (Phi) is 3.39. The molecule has 0 amide bonds. The molecule has 0 aliphatic carbocycles. The van der Waals surface area contributed by atoms with Gasteiger partial charge in [-0.3, -0.25) is 0 Å². The predicted molar refractivity (Wildman–Crippen MR) is 64.2 cm³/mol. The Morgan fingerprint density at radius 1 is 1.00 bits per heavy atom. The van der Waals surface area contributed by atoms with E-state index >= 15 is 0 Å². The average molecular weight is 312 g/mol. The van der Waals surface area contributed by atoms with Crippen LogP contribution in [-0.4, -0.2) is 0 Å². The molecule has 0 aromatic heterocycles. The molecule has 0 spiro atoms. The van der Waals surface area contributed by atoms with E-state index in [0.717, 1.165) is 12.1 Å². The zero-order valence-electron chi connectivity index (χ0n) is 8.85. The molecule has 0 unspecified atom stereocenters. The van der Waals surface area contributed by atoms with Crippen LogP contribution in [0.4, 0.5) is 13.2 Å². The molecule has 0 atom stereocenters. The highest BCUT2D eigenvalue weighted by Crippen LogP contribution is 2.33. The Balaban J connectivity index is 2.83. The van der Waals surface area contributed by atoms with E-state index in [1.165, 1.54) is 18.2 Å². The van der Waals surface area contributed by atoms with E-state index < -0.39 is 23.0 Å². The molecule has 2 aromatic rings. The van der Waals surface area contributed by atoms with Crippen molar-refractivity contribution in [3.8, 4) is 17.2 Å². The molecular formula is C13H5BrF3N. The van der Waals surface area contributed by atoms with Gasteiger partial charge in [-0.15, -0.1) is 0 Å². The van der Waals surface area contributed by atoms with Crippen molar-refractivity contribution in [3.05, 3.63) is 57.8 Å². The second-order valence-corrected chi connectivity index (χ2v) is 4.35. The Hall–Kier alpha value is -1.80. The summed E-state index contributed by atoms with van der Waals surface area (Å²) in [4.78, 5) is 0. The van der Waals surface area contributed by atoms with Crippen LogP contribution in [0.15, 0.2) is 34.8 Å². The Morgan fingerprint density at radius 3 is 2.39 bits per heavy atom. The molecule has 0 saturated carbocycles. The molecule has 0 saturated heterocycles. The van der Waals surface area contributed by atoms with Crippen LogP contribution in [0, 0.1) is 28.8 Å². The summed E-state index contributed by atoms with van der Waals surface area (Å²) >= 11 is 2.92. The number of rotatable bonds is 1. The molecule has 2 rings (SSSR count). The van der Waals surface area contributed by atoms with Crippen molar-refractivity contribution in [2.75, 3.05) is 0 Å². The summed E-state index contributed by atoms with van der Waals surface area (Å²) in [5.74, 6) is -2.52. The zero-order valence-corrected chi connectivity index (χ0v) is 10.4. The first kappa shape index (κ1) is 12.7. The lowest BCUT2D eigenvalue weighted by molar-refractivity contribution is 0.584. The summed E-state index contributed by atoms with van der Waals surface area (Å²) in [5, 5.41) is 8.87. The van der Waals surface area contributed by atoms with Gasteiger partial charge in [0.25, 0.3) is 0 Å². The van der Waals surface area contributed by atoms with Crippen LogP contribution in [0.5, 0.6) is 0 Å². The van der Waals surface area contributed by atoms with Crippen LogP contribution >= 0.6 is 15.9 Å². The Labute approximate surface area is 110 Å². The highest BCUT2D eigenvalue weighted by Gasteiger charge is 2.19. The van der Waals surface area contributed by atoms with Crippen molar-refractivity contribution in [2.45, 2.75) is 0 Å². The van der Waals surface area contributed by atoms with Gasteiger partial charge in [-0.05, 0) is 34.1 Å². The number of halogens is 4. The highest BCUT2D eigenvalue weighted by molar-refractivity contribution is 9.10. The zero-order chi connectivity index (χ0) is 13.3. The lowest BCUT2D eigenvalue weighted by atomic mass is 9.99. The largest absolute Gasteiger partial charge is 0.206 e. The Bertz CT molecular complexity index is 662. The number of nitrogens with zero attached hydrogens (tertiary/aromatic N) is 1. The van der Waals surface area contributed by atoms with Gasteiger partial charge in [0, 0.05) is 5.56 Å². The summed E-state index contributed by atoms with van der Waals surface area (Å²) in [6.07, 6.45) is 0. The normalized spacial score (nSPS) is 10.2. The highest BCUT2D eigenvalue weighted by atomic mass is 79.9. The van der Waals surface area contributed by atoms with Crippen LogP contribution in [0.25, 0.3) is 11.1 Å². The van der Waals surface area contributed by atoms with E-state index in [1.807, 2.05) is 0 Å². The van der Waals surface area contributed by atoms with E-state index in [-0.39, 0.29) is 15.6 Å². The van der Waals surface area contributed by atoms with Crippen LogP contribution in [0.1, 0.15) is 5.56 Å². The van der Waals surface area contributed by atoms with E-state index in [2.05, 4.69) is 15.9 Å². The minimum absolute atomic E-state index is 0.0482. The maximum atomic E-state index is 13.9. The maximum Gasteiger partial charge on any atom is 0.148 e. The standard InChI is InChI=1S/C13H5BrF3N/c14-9-4-5-11(16)12(13(9)17)7-2-1-3-10(15)8(7)6-18/h1-5H. The van der Waals surface area contributed by atoms with Crippen molar-refractivity contribution >= 4 is 15.9 Å². The lowest BCUT2D eigenvalue weighted by Crippen LogP contribution is -1.96. The first-order chi connectivity index (χ1) is 8.56. The van der Waals surface area contributed by atoms with Gasteiger partial charge in [-0.25, -0.2) is 13.2 Å². The van der Waals surface area contributed by atoms with E-state index in [1.54, 1.807) is 6.07 Å². The SMILES string of the molecule is N#Cc1c(F)cccc1-c1c(F)ccc(Br)c1F. The second-order valence-electron chi connectivity index (χ2n) is 3.49.